The van der Waals surface area contributed by atoms with Crippen LogP contribution in [0.5, 0.6) is 0 Å². The fourth-order valence-corrected chi connectivity index (χ4v) is 2.14. The van der Waals surface area contributed by atoms with Crippen LogP contribution in [0, 0.1) is 0 Å². The van der Waals surface area contributed by atoms with Gasteiger partial charge < -0.3 is 5.73 Å². The van der Waals surface area contributed by atoms with Crippen LogP contribution in [0.1, 0.15) is 22.6 Å². The van der Waals surface area contributed by atoms with E-state index in [0.29, 0.717) is 18.5 Å². The van der Waals surface area contributed by atoms with Gasteiger partial charge in [0.1, 0.15) is 11.3 Å². The second-order valence-electron chi connectivity index (χ2n) is 3.93. The Kier molecular flexibility index (Phi) is 1.67. The van der Waals surface area contributed by atoms with E-state index in [4.69, 9.17) is 5.73 Å². The lowest BCUT2D eigenvalue weighted by Gasteiger charge is -2.15. The monoisotopic (exact) mass is 201 g/mol. The lowest BCUT2D eigenvalue weighted by atomic mass is 9.96. The molecular formula is C11H11N3O. The van der Waals surface area contributed by atoms with Crippen LogP contribution in [0.2, 0.25) is 0 Å². The minimum absolute atomic E-state index is 0.0742. The molecule has 76 valence electrons. The summed E-state index contributed by atoms with van der Waals surface area (Å²) in [6.45, 7) is 0. The molecule has 15 heavy (non-hydrogen) atoms. The van der Waals surface area contributed by atoms with E-state index in [2.05, 4.69) is 4.98 Å². The van der Waals surface area contributed by atoms with Crippen molar-refractivity contribution in [3.8, 4) is 0 Å². The molecule has 1 aliphatic carbocycles. The number of nitrogens with zero attached hydrogens (tertiary/aromatic N) is 2. The maximum absolute atomic E-state index is 11.8. The summed E-state index contributed by atoms with van der Waals surface area (Å²) in [6, 6.07) is 5.64. The highest BCUT2D eigenvalue weighted by Crippen LogP contribution is 2.21. The number of fused-ring (bicyclic) bond motifs is 3. The normalized spacial score (nSPS) is 20.6. The summed E-state index contributed by atoms with van der Waals surface area (Å²) in [5.41, 5.74) is 8.17. The largest absolute Gasteiger partial charge is 0.327 e. The minimum Gasteiger partial charge on any atom is -0.327 e. The van der Waals surface area contributed by atoms with E-state index in [1.54, 1.807) is 0 Å². The number of aromatic nitrogens is 2. The maximum Gasteiger partial charge on any atom is 0.183 e. The summed E-state index contributed by atoms with van der Waals surface area (Å²) in [6.07, 6.45) is 2.99. The Morgan fingerprint density at radius 1 is 1.40 bits per heavy atom. The molecule has 0 radical (unpaired) electrons. The van der Waals surface area contributed by atoms with E-state index in [0.717, 1.165) is 11.3 Å². The minimum atomic E-state index is -0.0742. The Labute approximate surface area is 86.7 Å². The Morgan fingerprint density at radius 3 is 3.13 bits per heavy atom. The van der Waals surface area contributed by atoms with Gasteiger partial charge in [-0.2, -0.15) is 0 Å². The van der Waals surface area contributed by atoms with Crippen molar-refractivity contribution < 1.29 is 4.79 Å². The third-order valence-corrected chi connectivity index (χ3v) is 2.77. The zero-order valence-electron chi connectivity index (χ0n) is 8.18. The van der Waals surface area contributed by atoms with Crippen molar-refractivity contribution in [3.63, 3.8) is 0 Å². The van der Waals surface area contributed by atoms with Crippen LogP contribution >= 0.6 is 0 Å². The summed E-state index contributed by atoms with van der Waals surface area (Å²) in [4.78, 5) is 16.2. The van der Waals surface area contributed by atoms with Gasteiger partial charge in [0.15, 0.2) is 5.78 Å². The molecule has 1 atom stereocenters. The van der Waals surface area contributed by atoms with Crippen molar-refractivity contribution in [2.75, 3.05) is 0 Å². The van der Waals surface area contributed by atoms with E-state index >= 15 is 0 Å². The van der Waals surface area contributed by atoms with Crippen LogP contribution in [-0.4, -0.2) is 21.2 Å². The first-order valence-electron chi connectivity index (χ1n) is 5.00. The van der Waals surface area contributed by atoms with E-state index in [-0.39, 0.29) is 11.8 Å². The fourth-order valence-electron chi connectivity index (χ4n) is 2.14. The second-order valence-corrected chi connectivity index (χ2v) is 3.93. The molecule has 0 aromatic carbocycles. The van der Waals surface area contributed by atoms with Gasteiger partial charge in [0.2, 0.25) is 0 Å². The van der Waals surface area contributed by atoms with E-state index in [1.165, 1.54) is 0 Å². The van der Waals surface area contributed by atoms with Gasteiger partial charge in [-0.1, -0.05) is 6.07 Å². The molecule has 2 aromatic heterocycles. The molecule has 4 nitrogen and oxygen atoms in total. The Morgan fingerprint density at radius 2 is 2.27 bits per heavy atom. The number of hydrogen-bond donors (Lipinski definition) is 1. The first kappa shape index (κ1) is 8.61. The van der Waals surface area contributed by atoms with Gasteiger partial charge in [-0.25, -0.2) is 4.98 Å². The van der Waals surface area contributed by atoms with Gasteiger partial charge in [-0.15, -0.1) is 0 Å². The summed E-state index contributed by atoms with van der Waals surface area (Å²) in [5.74, 6) is 0.0995. The quantitative estimate of drug-likeness (QED) is 0.685. The number of imidazole rings is 1. The number of rotatable bonds is 0. The van der Waals surface area contributed by atoms with Crippen molar-refractivity contribution in [2.24, 2.45) is 5.73 Å². The summed E-state index contributed by atoms with van der Waals surface area (Å²) in [5, 5.41) is 0. The fraction of sp³-hybridized carbons (Fsp3) is 0.273. The van der Waals surface area contributed by atoms with Crippen LogP contribution in [0.25, 0.3) is 5.65 Å². The standard InChI is InChI=1S/C11H11N3O/c12-7-5-8-11(9(15)6-7)14-4-2-1-3-10(14)13-8/h1-4,7H,5-6,12H2. The van der Waals surface area contributed by atoms with Gasteiger partial charge in [-0.05, 0) is 12.1 Å². The average molecular weight is 201 g/mol. The maximum atomic E-state index is 11.8. The van der Waals surface area contributed by atoms with Crippen LogP contribution in [0.3, 0.4) is 0 Å². The highest BCUT2D eigenvalue weighted by molar-refractivity contribution is 5.98. The highest BCUT2D eigenvalue weighted by atomic mass is 16.1. The van der Waals surface area contributed by atoms with Gasteiger partial charge in [0.05, 0.1) is 5.69 Å². The molecule has 1 unspecified atom stereocenters. The molecule has 2 N–H and O–H groups in total. The van der Waals surface area contributed by atoms with Gasteiger partial charge in [0, 0.05) is 25.1 Å². The van der Waals surface area contributed by atoms with Crippen molar-refractivity contribution in [1.82, 2.24) is 9.38 Å². The van der Waals surface area contributed by atoms with Gasteiger partial charge >= 0.3 is 0 Å². The number of nitrogens with two attached hydrogens (primary N) is 1. The Hall–Kier alpha value is -1.68. The molecular weight excluding hydrogens is 190 g/mol. The molecule has 0 saturated heterocycles. The van der Waals surface area contributed by atoms with Crippen LogP contribution in [-0.2, 0) is 6.42 Å². The topological polar surface area (TPSA) is 60.4 Å². The van der Waals surface area contributed by atoms with Crippen molar-refractivity contribution in [2.45, 2.75) is 18.9 Å². The predicted octanol–water partition coefficient (Wildman–Crippen LogP) is 0.791. The molecule has 1 aliphatic rings. The summed E-state index contributed by atoms with van der Waals surface area (Å²) < 4.78 is 1.85. The summed E-state index contributed by atoms with van der Waals surface area (Å²) >= 11 is 0. The highest BCUT2D eigenvalue weighted by Gasteiger charge is 2.27. The molecule has 3 rings (SSSR count). The molecule has 0 amide bonds. The van der Waals surface area contributed by atoms with Gasteiger partial charge in [0.25, 0.3) is 0 Å². The third kappa shape index (κ3) is 1.18. The molecule has 0 aliphatic heterocycles. The van der Waals surface area contributed by atoms with Crippen molar-refractivity contribution in [3.05, 3.63) is 35.8 Å². The van der Waals surface area contributed by atoms with E-state index in [1.807, 2.05) is 28.8 Å². The van der Waals surface area contributed by atoms with Crippen molar-refractivity contribution >= 4 is 11.4 Å². The summed E-state index contributed by atoms with van der Waals surface area (Å²) in [7, 11) is 0. The number of pyridine rings is 1. The number of carbonyl (C=O) groups excluding carboxylic acids is 1. The number of ketones is 1. The number of hydrogen-bond acceptors (Lipinski definition) is 3. The van der Waals surface area contributed by atoms with Crippen LogP contribution < -0.4 is 5.73 Å². The number of carbonyl (C=O) groups is 1. The zero-order chi connectivity index (χ0) is 10.4. The molecule has 0 saturated carbocycles. The second kappa shape index (κ2) is 2.90. The molecule has 4 heteroatoms. The van der Waals surface area contributed by atoms with Gasteiger partial charge in [-0.3, -0.25) is 9.20 Å². The smallest absolute Gasteiger partial charge is 0.183 e. The van der Waals surface area contributed by atoms with Crippen molar-refractivity contribution in [1.29, 1.82) is 0 Å². The zero-order valence-corrected chi connectivity index (χ0v) is 8.18. The lowest BCUT2D eigenvalue weighted by molar-refractivity contribution is 0.0959. The number of Topliss-reactive ketones (excluding diaryl/α,β-unsaturated/α-hetero) is 1. The average Bonchev–Trinajstić information content (AvgIpc) is 2.54. The first-order chi connectivity index (χ1) is 7.25. The van der Waals surface area contributed by atoms with Crippen LogP contribution in [0.15, 0.2) is 24.4 Å². The van der Waals surface area contributed by atoms with E-state index in [9.17, 15) is 4.79 Å². The molecule has 2 heterocycles. The Balaban J connectivity index is 2.32. The van der Waals surface area contributed by atoms with Crippen LogP contribution in [0.4, 0.5) is 0 Å². The molecule has 2 aromatic rings. The molecule has 0 spiro atoms. The SMILES string of the molecule is NC1CC(=O)c2c(nc3ccccn23)C1. The predicted molar refractivity (Wildman–Crippen MR) is 55.8 cm³/mol. The third-order valence-electron chi connectivity index (χ3n) is 2.77. The molecule has 0 fully saturated rings. The van der Waals surface area contributed by atoms with E-state index < -0.39 is 0 Å². The molecule has 0 bridgehead atoms. The first-order valence-corrected chi connectivity index (χ1v) is 5.00. The Bertz CT molecular complexity index is 544. The lowest BCUT2D eigenvalue weighted by Crippen LogP contribution is -2.32.